The second-order valence-electron chi connectivity index (χ2n) is 4.51. The molecule has 0 amide bonds. The first-order valence-electron chi connectivity index (χ1n) is 5.92. The van der Waals surface area contributed by atoms with Gasteiger partial charge in [-0.3, -0.25) is 0 Å². The molecular formula is C13H16ClNO2S. The lowest BCUT2D eigenvalue weighted by Gasteiger charge is -2.16. The number of carbonyl (C=O) groups is 1. The number of thioether (sulfide) groups is 1. The summed E-state index contributed by atoms with van der Waals surface area (Å²) in [7, 11) is 0. The molecule has 1 fully saturated rings. The number of rotatable bonds is 4. The van der Waals surface area contributed by atoms with Crippen LogP contribution in [0.5, 0.6) is 0 Å². The summed E-state index contributed by atoms with van der Waals surface area (Å²) < 4.78 is 0. The van der Waals surface area contributed by atoms with Crippen molar-refractivity contribution >= 4 is 35.0 Å². The van der Waals surface area contributed by atoms with Crippen LogP contribution in [0.15, 0.2) is 18.2 Å². The van der Waals surface area contributed by atoms with Gasteiger partial charge in [0.15, 0.2) is 0 Å². The lowest BCUT2D eigenvalue weighted by molar-refractivity contribution is 0.0698. The van der Waals surface area contributed by atoms with Crippen LogP contribution in [0.2, 0.25) is 5.02 Å². The molecule has 0 heterocycles. The summed E-state index contributed by atoms with van der Waals surface area (Å²) in [5, 5.41) is 13.6. The van der Waals surface area contributed by atoms with Crippen molar-refractivity contribution in [2.75, 3.05) is 11.6 Å². The largest absolute Gasteiger partial charge is 0.478 e. The summed E-state index contributed by atoms with van der Waals surface area (Å²) in [4.78, 5) is 11.2. The Bertz CT molecular complexity index is 453. The van der Waals surface area contributed by atoms with Crippen LogP contribution < -0.4 is 5.32 Å². The van der Waals surface area contributed by atoms with E-state index in [1.54, 1.807) is 12.1 Å². The molecule has 18 heavy (non-hydrogen) atoms. The van der Waals surface area contributed by atoms with Gasteiger partial charge < -0.3 is 10.4 Å². The van der Waals surface area contributed by atoms with E-state index in [0.717, 1.165) is 12.8 Å². The average Bonchev–Trinajstić information content (AvgIpc) is 2.79. The maximum Gasteiger partial charge on any atom is 0.337 e. The molecule has 0 spiro atoms. The van der Waals surface area contributed by atoms with Crippen LogP contribution in [0.4, 0.5) is 5.69 Å². The normalized spacial score (nSPS) is 23.0. The Morgan fingerprint density at radius 3 is 2.89 bits per heavy atom. The van der Waals surface area contributed by atoms with E-state index in [-0.39, 0.29) is 5.56 Å². The third-order valence-corrected chi connectivity index (χ3v) is 4.62. The van der Waals surface area contributed by atoms with E-state index in [2.05, 4.69) is 11.6 Å². The van der Waals surface area contributed by atoms with Crippen LogP contribution in [0.25, 0.3) is 0 Å². The highest BCUT2D eigenvalue weighted by atomic mass is 35.5. The van der Waals surface area contributed by atoms with Crippen molar-refractivity contribution in [1.82, 2.24) is 0 Å². The molecule has 5 heteroatoms. The van der Waals surface area contributed by atoms with Crippen molar-refractivity contribution in [2.24, 2.45) is 0 Å². The average molecular weight is 286 g/mol. The molecule has 2 atom stereocenters. The molecule has 3 nitrogen and oxygen atoms in total. The van der Waals surface area contributed by atoms with Gasteiger partial charge in [0.25, 0.3) is 0 Å². The van der Waals surface area contributed by atoms with E-state index in [1.165, 1.54) is 12.5 Å². The molecule has 1 aliphatic carbocycles. The van der Waals surface area contributed by atoms with E-state index >= 15 is 0 Å². The number of nitrogens with one attached hydrogen (secondary N) is 1. The third-order valence-electron chi connectivity index (χ3n) is 3.29. The van der Waals surface area contributed by atoms with Gasteiger partial charge in [-0.2, -0.15) is 11.8 Å². The Balaban J connectivity index is 2.12. The van der Waals surface area contributed by atoms with Crippen LogP contribution in [0.3, 0.4) is 0 Å². The minimum atomic E-state index is -0.945. The van der Waals surface area contributed by atoms with E-state index in [9.17, 15) is 4.79 Å². The molecule has 1 aliphatic rings. The lowest BCUT2D eigenvalue weighted by Crippen LogP contribution is -2.18. The molecule has 0 radical (unpaired) electrons. The zero-order valence-corrected chi connectivity index (χ0v) is 11.7. The topological polar surface area (TPSA) is 49.3 Å². The van der Waals surface area contributed by atoms with Gasteiger partial charge in [-0.05, 0) is 43.7 Å². The fourth-order valence-electron chi connectivity index (χ4n) is 2.32. The van der Waals surface area contributed by atoms with Crippen molar-refractivity contribution in [2.45, 2.75) is 30.6 Å². The van der Waals surface area contributed by atoms with Crippen molar-refractivity contribution in [3.05, 3.63) is 28.8 Å². The van der Waals surface area contributed by atoms with Gasteiger partial charge in [-0.25, -0.2) is 4.79 Å². The molecule has 2 N–H and O–H groups in total. The first kappa shape index (κ1) is 13.6. The molecule has 0 bridgehead atoms. The molecule has 0 saturated heterocycles. The zero-order chi connectivity index (χ0) is 13.1. The number of benzene rings is 1. The maximum absolute atomic E-state index is 11.2. The molecule has 98 valence electrons. The Kier molecular flexibility index (Phi) is 4.40. The highest BCUT2D eigenvalue weighted by molar-refractivity contribution is 7.99. The summed E-state index contributed by atoms with van der Waals surface area (Å²) in [6.45, 7) is 0. The number of halogens is 1. The monoisotopic (exact) mass is 285 g/mol. The van der Waals surface area contributed by atoms with Crippen molar-refractivity contribution < 1.29 is 9.90 Å². The number of aromatic carboxylic acids is 1. The molecule has 0 aliphatic heterocycles. The van der Waals surface area contributed by atoms with Crippen LogP contribution >= 0.6 is 23.4 Å². The maximum atomic E-state index is 11.2. The standard InChI is InChI=1S/C13H16ClNO2S/c1-18-10-4-3-9(7-10)15-12-5-2-8(14)6-11(12)13(16)17/h2,5-6,9-10,15H,3-4,7H2,1H3,(H,16,17). The van der Waals surface area contributed by atoms with E-state index in [0.29, 0.717) is 22.0 Å². The fourth-order valence-corrected chi connectivity index (χ4v) is 3.29. The molecular weight excluding hydrogens is 270 g/mol. The molecule has 1 saturated carbocycles. The van der Waals surface area contributed by atoms with Crippen LogP contribution in [-0.2, 0) is 0 Å². The van der Waals surface area contributed by atoms with Gasteiger partial charge in [0.2, 0.25) is 0 Å². The lowest BCUT2D eigenvalue weighted by atomic mass is 10.1. The van der Waals surface area contributed by atoms with E-state index in [1.807, 2.05) is 11.8 Å². The SMILES string of the molecule is CSC1CCC(Nc2ccc(Cl)cc2C(=O)O)C1. The summed E-state index contributed by atoms with van der Waals surface area (Å²) in [5.74, 6) is -0.945. The number of hydrogen-bond donors (Lipinski definition) is 2. The number of hydrogen-bond acceptors (Lipinski definition) is 3. The molecule has 1 aromatic rings. The van der Waals surface area contributed by atoms with E-state index < -0.39 is 5.97 Å². The quantitative estimate of drug-likeness (QED) is 0.885. The Hall–Kier alpha value is -0.870. The van der Waals surface area contributed by atoms with Crippen LogP contribution in [0.1, 0.15) is 29.6 Å². The van der Waals surface area contributed by atoms with Gasteiger partial charge in [-0.1, -0.05) is 11.6 Å². The predicted molar refractivity (Wildman–Crippen MR) is 77.0 cm³/mol. The second kappa shape index (κ2) is 5.85. The van der Waals surface area contributed by atoms with E-state index in [4.69, 9.17) is 16.7 Å². The Morgan fingerprint density at radius 2 is 2.28 bits per heavy atom. The summed E-state index contributed by atoms with van der Waals surface area (Å²) in [6.07, 6.45) is 5.49. The minimum Gasteiger partial charge on any atom is -0.478 e. The minimum absolute atomic E-state index is 0.245. The molecule has 2 rings (SSSR count). The van der Waals surface area contributed by atoms with Crippen molar-refractivity contribution in [3.63, 3.8) is 0 Å². The number of carboxylic acids is 1. The zero-order valence-electron chi connectivity index (χ0n) is 10.1. The molecule has 2 unspecified atom stereocenters. The van der Waals surface area contributed by atoms with Gasteiger partial charge in [0.1, 0.15) is 0 Å². The first-order chi connectivity index (χ1) is 8.60. The van der Waals surface area contributed by atoms with Gasteiger partial charge in [-0.15, -0.1) is 0 Å². The van der Waals surface area contributed by atoms with Crippen molar-refractivity contribution in [3.8, 4) is 0 Å². The van der Waals surface area contributed by atoms with Crippen LogP contribution in [0, 0.1) is 0 Å². The predicted octanol–water partition coefficient (Wildman–Crippen LogP) is 3.73. The molecule has 1 aromatic carbocycles. The highest BCUT2D eigenvalue weighted by Gasteiger charge is 2.24. The summed E-state index contributed by atoms with van der Waals surface area (Å²) in [6, 6.07) is 5.32. The Morgan fingerprint density at radius 1 is 1.50 bits per heavy atom. The van der Waals surface area contributed by atoms with Gasteiger partial charge in [0.05, 0.1) is 5.56 Å². The third kappa shape index (κ3) is 3.12. The first-order valence-corrected chi connectivity index (χ1v) is 7.59. The highest BCUT2D eigenvalue weighted by Crippen LogP contribution is 2.31. The second-order valence-corrected chi connectivity index (χ2v) is 6.08. The Labute approximate surface area is 116 Å². The van der Waals surface area contributed by atoms with Crippen LogP contribution in [-0.4, -0.2) is 28.6 Å². The van der Waals surface area contributed by atoms with Crippen molar-refractivity contribution in [1.29, 1.82) is 0 Å². The summed E-state index contributed by atoms with van der Waals surface area (Å²) in [5.41, 5.74) is 0.911. The van der Waals surface area contributed by atoms with Gasteiger partial charge in [0, 0.05) is 22.0 Å². The fraction of sp³-hybridized carbons (Fsp3) is 0.462. The summed E-state index contributed by atoms with van der Waals surface area (Å²) >= 11 is 7.71. The number of anilines is 1. The molecule has 0 aromatic heterocycles. The smallest absolute Gasteiger partial charge is 0.337 e. The van der Waals surface area contributed by atoms with Gasteiger partial charge >= 0.3 is 5.97 Å². The number of carboxylic acid groups (broad SMARTS) is 1.